The second kappa shape index (κ2) is 30.6. The number of alkyl halides is 1. The summed E-state index contributed by atoms with van der Waals surface area (Å²) >= 11 is 12.8. The predicted octanol–water partition coefficient (Wildman–Crippen LogP) is 6.25. The predicted molar refractivity (Wildman–Crippen MR) is 294 cm³/mol. The number of para-hydroxylation sites is 1. The maximum Gasteiger partial charge on any atom is 0.317 e. The molecule has 2 amide bonds. The van der Waals surface area contributed by atoms with Crippen molar-refractivity contribution in [1.82, 2.24) is 29.2 Å². The Labute approximate surface area is 451 Å². The van der Waals surface area contributed by atoms with Gasteiger partial charge in [0.05, 0.1) is 62.2 Å². The van der Waals surface area contributed by atoms with E-state index in [0.717, 1.165) is 48.6 Å². The van der Waals surface area contributed by atoms with E-state index >= 15 is 0 Å². The summed E-state index contributed by atoms with van der Waals surface area (Å²) < 4.78 is 41.4. The van der Waals surface area contributed by atoms with Gasteiger partial charge in [0.15, 0.2) is 12.4 Å². The molecule has 5 N–H and O–H groups in total. The third-order valence-corrected chi connectivity index (χ3v) is 11.4. The Morgan fingerprint density at radius 2 is 1.84 bits per heavy atom. The summed E-state index contributed by atoms with van der Waals surface area (Å²) in [5.74, 6) is 2.61. The molecule has 410 valence electrons. The summed E-state index contributed by atoms with van der Waals surface area (Å²) in [5, 5.41) is 16.3. The first-order chi connectivity index (χ1) is 34.5. The molecule has 2 aliphatic heterocycles. The van der Waals surface area contributed by atoms with Crippen LogP contribution in [0, 0.1) is 30.5 Å². The molecule has 2 atom stereocenters. The molecule has 0 aliphatic carbocycles. The SMILES string of the molecule is C#CCN1C(=O)COc2cc(F)c(/N=c3\snc4n3CC(C)(C)C4)cc21.CCNc1nc(Cl)nc(NC(C)(C)C)n1.CCc1cccc(C)c1N(C(=O)CCl)C(C)COC.C[S+](C)C.O=C(O)CNCP(=O)([O-])O. The number of aliphatic carboxylic acids is 1. The van der Waals surface area contributed by atoms with E-state index in [1.54, 1.807) is 12.0 Å². The van der Waals surface area contributed by atoms with Crippen LogP contribution in [0.2, 0.25) is 5.28 Å². The monoisotopic (exact) mass is 1130 g/mol. The van der Waals surface area contributed by atoms with Gasteiger partial charge in [-0.15, -0.1) is 18.0 Å². The van der Waals surface area contributed by atoms with E-state index in [-0.39, 0.29) is 58.8 Å². The van der Waals surface area contributed by atoms with Gasteiger partial charge in [-0.05, 0) is 93.1 Å². The largest absolute Gasteiger partial charge is 0.778 e. The maximum absolute atomic E-state index is 14.5. The van der Waals surface area contributed by atoms with Crippen molar-refractivity contribution in [3.05, 3.63) is 63.2 Å². The number of hydrogen-bond donors (Lipinski definition) is 5. The Morgan fingerprint density at radius 3 is 2.39 bits per heavy atom. The zero-order valence-corrected chi connectivity index (χ0v) is 48.4. The number of carboxylic acids is 1. The quantitative estimate of drug-likeness (QED) is 0.0382. The van der Waals surface area contributed by atoms with Gasteiger partial charge in [0.2, 0.25) is 27.9 Å². The number of aromatic nitrogens is 5. The highest BCUT2D eigenvalue weighted by Crippen LogP contribution is 2.38. The van der Waals surface area contributed by atoms with E-state index in [0.29, 0.717) is 45.6 Å². The highest BCUT2D eigenvalue weighted by Gasteiger charge is 2.32. The van der Waals surface area contributed by atoms with E-state index in [4.69, 9.17) is 49.1 Å². The first-order valence-electron chi connectivity index (χ1n) is 23.1. The van der Waals surface area contributed by atoms with Crippen molar-refractivity contribution in [1.29, 1.82) is 0 Å². The number of carboxylic acid groups (broad SMARTS) is 1. The molecule has 20 nitrogen and oxygen atoms in total. The van der Waals surface area contributed by atoms with Crippen molar-refractivity contribution in [3.8, 4) is 18.1 Å². The van der Waals surface area contributed by atoms with E-state index in [1.807, 2.05) is 63.6 Å². The van der Waals surface area contributed by atoms with Crippen molar-refractivity contribution < 1.29 is 47.7 Å². The molecule has 0 fully saturated rings. The number of nitrogens with one attached hydrogen (secondary N) is 3. The fraction of sp³-hybridized carbons (Fsp3) is 0.542. The smallest absolute Gasteiger partial charge is 0.317 e. The minimum absolute atomic E-state index is 0.0223. The van der Waals surface area contributed by atoms with Gasteiger partial charge in [-0.3, -0.25) is 24.6 Å². The summed E-state index contributed by atoms with van der Waals surface area (Å²) in [4.78, 5) is 72.4. The Balaban J connectivity index is 0.000000347. The van der Waals surface area contributed by atoms with Crippen LogP contribution in [0.15, 0.2) is 35.3 Å². The van der Waals surface area contributed by atoms with E-state index < -0.39 is 32.2 Å². The molecule has 0 saturated carbocycles. The fourth-order valence-corrected chi connectivity index (χ4v) is 8.29. The van der Waals surface area contributed by atoms with Crippen molar-refractivity contribution in [2.24, 2.45) is 10.4 Å². The van der Waals surface area contributed by atoms with Crippen molar-refractivity contribution in [3.63, 3.8) is 0 Å². The summed E-state index contributed by atoms with van der Waals surface area (Å²) in [5.41, 5.74) is 3.79. The second-order valence-corrected chi connectivity index (χ2v) is 24.2. The van der Waals surface area contributed by atoms with Gasteiger partial charge in [0.1, 0.15) is 30.7 Å². The van der Waals surface area contributed by atoms with Crippen LogP contribution in [0.3, 0.4) is 0 Å². The number of halogens is 3. The van der Waals surface area contributed by atoms with E-state index in [1.165, 1.54) is 28.6 Å². The highest BCUT2D eigenvalue weighted by atomic mass is 35.5. The summed E-state index contributed by atoms with van der Waals surface area (Å²) in [6.07, 6.45) is 13.0. The standard InChI is InChI=1S/C18H17FN4O2S.C15H22ClNO2.C9H16ClN5.C3H8NO5P.C3H9S/c1-4-5-22-13-7-12(11(19)6-14(13)25-9-16(22)24)20-17-23-10-18(2,3)8-15(23)21-26-17;1-5-13-8-6-7-11(2)15(13)17(14(18)9-16)12(3)10-19-4;1-5-11-7-12-6(10)13-8(14-7)15-9(2,3)4;5-3(6)1-4-2-10(7,8)9;1-4(2)3/h1,6-7H,5,8-10H2,2-3H3;6-8,12H,5,9-10H2,1-4H3;5H2,1-4H3,(H2,11,12,13,14,15);4H,1-2H2,(H,5,6)(H2,7,8,9);1-3H3/q;;;;+1/p-1/b20-17-;;;;. The molecule has 2 aromatic carbocycles. The van der Waals surface area contributed by atoms with E-state index in [9.17, 15) is 28.2 Å². The molecule has 2 aromatic heterocycles. The molecule has 0 radical (unpaired) electrons. The number of anilines is 4. The molecule has 6 rings (SSSR count). The molecular formula is C48H71Cl2FN11O9PS2. The lowest BCUT2D eigenvalue weighted by Crippen LogP contribution is -2.43. The zero-order valence-electron chi connectivity index (χ0n) is 44.3. The molecule has 4 heterocycles. The van der Waals surface area contributed by atoms with Gasteiger partial charge in [0.25, 0.3) is 5.91 Å². The van der Waals surface area contributed by atoms with Crippen molar-refractivity contribution in [2.75, 3.05) is 91.3 Å². The molecule has 0 saturated heterocycles. The van der Waals surface area contributed by atoms with Crippen LogP contribution in [0.25, 0.3) is 0 Å². The van der Waals surface area contributed by atoms with Crippen LogP contribution in [-0.4, -0.2) is 134 Å². The first kappa shape index (κ1) is 65.2. The first-order valence-corrected chi connectivity index (χ1v) is 29.0. The van der Waals surface area contributed by atoms with Crippen LogP contribution in [0.5, 0.6) is 5.75 Å². The average molecular weight is 1130 g/mol. The second-order valence-electron chi connectivity index (χ2n) is 18.8. The third kappa shape index (κ3) is 22.5. The van der Waals surface area contributed by atoms with Crippen LogP contribution in [-0.2, 0) is 54.0 Å². The van der Waals surface area contributed by atoms with Crippen LogP contribution >= 0.6 is 42.3 Å². The topological polar surface area (TPSA) is 262 Å². The number of amides is 2. The molecular weight excluding hydrogens is 1060 g/mol. The molecule has 0 spiro atoms. The number of rotatable bonds is 15. The number of carbonyl (C=O) groups excluding carboxylic acids is 2. The van der Waals surface area contributed by atoms with Crippen LogP contribution in [0.1, 0.15) is 72.3 Å². The van der Waals surface area contributed by atoms with Gasteiger partial charge < -0.3 is 49.0 Å². The van der Waals surface area contributed by atoms with Gasteiger partial charge in [-0.1, -0.05) is 44.9 Å². The van der Waals surface area contributed by atoms with Crippen molar-refractivity contribution >= 4 is 100.0 Å². The lowest BCUT2D eigenvalue weighted by molar-refractivity contribution is -0.193. The Kier molecular flexibility index (Phi) is 27.0. The van der Waals surface area contributed by atoms with Crippen LogP contribution in [0.4, 0.5) is 33.3 Å². The number of terminal acetylenes is 1. The number of aryl methyl sites for hydroxylation is 2. The number of nitrogens with zero attached hydrogens (tertiary/aromatic N) is 8. The number of benzene rings is 2. The molecule has 74 heavy (non-hydrogen) atoms. The summed E-state index contributed by atoms with van der Waals surface area (Å²) in [7, 11) is -2.07. The lowest BCUT2D eigenvalue weighted by Gasteiger charge is -2.31. The highest BCUT2D eigenvalue weighted by molar-refractivity contribution is 7.94. The van der Waals surface area contributed by atoms with Crippen molar-refractivity contribution in [2.45, 2.75) is 93.3 Å². The number of hydrogen-bond acceptors (Lipinski definition) is 16. The van der Waals surface area contributed by atoms with E-state index in [2.05, 4.69) is 86.5 Å². The van der Waals surface area contributed by atoms with Gasteiger partial charge in [-0.25, -0.2) is 9.38 Å². The molecule has 4 aromatic rings. The molecule has 2 unspecified atom stereocenters. The zero-order chi connectivity index (χ0) is 56.1. The summed E-state index contributed by atoms with van der Waals surface area (Å²) in [6.45, 7) is 19.9. The number of carbonyl (C=O) groups is 3. The normalized spacial score (nSPS) is 14.5. The Morgan fingerprint density at radius 1 is 1.19 bits per heavy atom. The van der Waals surface area contributed by atoms with Crippen LogP contribution < -0.4 is 40.2 Å². The van der Waals surface area contributed by atoms with Gasteiger partial charge in [0, 0.05) is 49.8 Å². The number of methoxy groups -OCH3 is 1. The minimum atomic E-state index is -4.35. The lowest BCUT2D eigenvalue weighted by atomic mass is 9.92. The fourth-order valence-electron chi connectivity index (χ4n) is 6.85. The third-order valence-electron chi connectivity index (χ3n) is 9.63. The molecule has 2 aliphatic rings. The Hall–Kier alpha value is -4.89. The number of ether oxygens (including phenoxy) is 2. The molecule has 26 heteroatoms. The number of fused-ring (bicyclic) bond motifs is 2. The minimum Gasteiger partial charge on any atom is -0.778 e. The average Bonchev–Trinajstić information content (AvgIpc) is 3.79. The molecule has 0 bridgehead atoms. The Bertz CT molecular complexity index is 2660. The maximum atomic E-state index is 14.5. The van der Waals surface area contributed by atoms with Gasteiger partial charge >= 0.3 is 5.97 Å². The van der Waals surface area contributed by atoms with Gasteiger partial charge in [-0.2, -0.15) is 19.3 Å². The summed E-state index contributed by atoms with van der Waals surface area (Å²) in [6, 6.07) is 8.80.